The first kappa shape index (κ1) is 49.1. The van der Waals surface area contributed by atoms with Crippen LogP contribution in [0.15, 0.2) is 102 Å². The number of fused-ring (bicyclic) bond motifs is 5. The average molecular weight is 920 g/mol. The van der Waals surface area contributed by atoms with Crippen LogP contribution in [0.4, 0.5) is 0 Å². The van der Waals surface area contributed by atoms with E-state index in [9.17, 15) is 34.4 Å². The third-order valence-electron chi connectivity index (χ3n) is 16.1. The lowest BCUT2D eigenvalue weighted by Gasteiger charge is -2.69. The lowest BCUT2D eigenvalue weighted by Crippen LogP contribution is -2.65. The zero-order valence-electron chi connectivity index (χ0n) is 39.8. The molecule has 0 heterocycles. The maximum Gasteiger partial charge on any atom is 0.344 e. The van der Waals surface area contributed by atoms with Crippen LogP contribution in [-0.2, 0) is 41.7 Å². The second-order valence-electron chi connectivity index (χ2n) is 20.2. The van der Waals surface area contributed by atoms with Gasteiger partial charge in [0.2, 0.25) is 0 Å². The number of aliphatic hydroxyl groups excluding tert-OH is 1. The molecule has 0 radical (unpaired) electrons. The van der Waals surface area contributed by atoms with Gasteiger partial charge in [0, 0.05) is 12.5 Å². The van der Waals surface area contributed by atoms with Gasteiger partial charge in [0.05, 0.1) is 17.2 Å². The molecule has 358 valence electrons. The molecule has 0 amide bonds. The van der Waals surface area contributed by atoms with Crippen molar-refractivity contribution in [3.05, 3.63) is 134 Å². The molecule has 1 N–H and O–H groups in total. The lowest BCUT2D eigenvalue weighted by atomic mass is 9.36. The molecule has 67 heavy (non-hydrogen) atoms. The molecular formula is C54H65NO12. The maximum atomic E-state index is 14.3. The fourth-order valence-electron chi connectivity index (χ4n) is 12.9. The number of hydrogen-bond donors (Lipinski definition) is 1. The summed E-state index contributed by atoms with van der Waals surface area (Å²) in [7, 11) is 0. The van der Waals surface area contributed by atoms with Gasteiger partial charge in [-0.15, -0.1) is 10.1 Å². The zero-order valence-corrected chi connectivity index (χ0v) is 39.8. The Morgan fingerprint density at radius 1 is 0.836 bits per heavy atom. The molecule has 7 rings (SSSR count). The normalized spacial score (nSPS) is 30.3. The van der Waals surface area contributed by atoms with E-state index in [0.717, 1.165) is 35.1 Å². The Morgan fingerprint density at radius 3 is 2.16 bits per heavy atom. The lowest BCUT2D eigenvalue weighted by molar-refractivity contribution is -0.757. The van der Waals surface area contributed by atoms with Crippen LogP contribution in [0.5, 0.6) is 5.75 Å². The van der Waals surface area contributed by atoms with Gasteiger partial charge in [-0.2, -0.15) is 0 Å². The van der Waals surface area contributed by atoms with Gasteiger partial charge in [-0.3, -0.25) is 4.79 Å². The first-order valence-electron chi connectivity index (χ1n) is 23.7. The van der Waals surface area contributed by atoms with Crippen LogP contribution >= 0.6 is 0 Å². The molecule has 0 bridgehead atoms. The van der Waals surface area contributed by atoms with Crippen molar-refractivity contribution >= 4 is 23.9 Å². The summed E-state index contributed by atoms with van der Waals surface area (Å²) in [5.41, 5.74) is 3.06. The molecule has 0 aromatic heterocycles. The van der Waals surface area contributed by atoms with E-state index in [4.69, 9.17) is 18.9 Å². The van der Waals surface area contributed by atoms with Crippen LogP contribution in [0.3, 0.4) is 0 Å². The molecular weight excluding hydrogens is 855 g/mol. The molecule has 0 saturated heterocycles. The van der Waals surface area contributed by atoms with Crippen LogP contribution in [0, 0.1) is 50.0 Å². The van der Waals surface area contributed by atoms with E-state index in [0.29, 0.717) is 50.5 Å². The summed E-state index contributed by atoms with van der Waals surface area (Å²) in [6.07, 6.45) is 5.43. The first-order valence-corrected chi connectivity index (χ1v) is 23.7. The van der Waals surface area contributed by atoms with E-state index in [1.165, 1.54) is 13.0 Å². The number of aliphatic hydroxyl groups is 1. The Morgan fingerprint density at radius 2 is 1.51 bits per heavy atom. The van der Waals surface area contributed by atoms with E-state index in [1.54, 1.807) is 42.5 Å². The number of benzene rings is 3. The van der Waals surface area contributed by atoms with E-state index < -0.39 is 58.1 Å². The minimum Gasteiger partial charge on any atom is -0.458 e. The van der Waals surface area contributed by atoms with E-state index in [-0.39, 0.29) is 59.2 Å². The number of nitrogens with zero attached hydrogens (tertiary/aromatic N) is 1. The van der Waals surface area contributed by atoms with Gasteiger partial charge in [-0.1, -0.05) is 93.9 Å². The van der Waals surface area contributed by atoms with Gasteiger partial charge in [-0.05, 0) is 153 Å². The van der Waals surface area contributed by atoms with Crippen molar-refractivity contribution < 1.29 is 53.2 Å². The predicted molar refractivity (Wildman–Crippen MR) is 249 cm³/mol. The number of esters is 4. The average Bonchev–Trinajstić information content (AvgIpc) is 3.56. The third kappa shape index (κ3) is 10.1. The Hall–Kier alpha value is -5.82. The molecule has 13 heteroatoms. The van der Waals surface area contributed by atoms with E-state index in [1.807, 2.05) is 44.2 Å². The molecule has 4 saturated carbocycles. The Kier molecular flexibility index (Phi) is 14.8. The molecule has 3 aromatic carbocycles. The van der Waals surface area contributed by atoms with Crippen LogP contribution in [0.1, 0.15) is 132 Å². The molecule has 3 unspecified atom stereocenters. The maximum absolute atomic E-state index is 14.3. The molecule has 4 aliphatic rings. The second-order valence-corrected chi connectivity index (χ2v) is 20.2. The number of carbonyl (C=O) groups excluding carboxylic acids is 4. The van der Waals surface area contributed by atoms with Crippen LogP contribution < -0.4 is 4.74 Å². The summed E-state index contributed by atoms with van der Waals surface area (Å²) in [6.45, 7) is 14.5. The number of rotatable bonds is 15. The minimum absolute atomic E-state index is 0.0624. The smallest absolute Gasteiger partial charge is 0.344 e. The van der Waals surface area contributed by atoms with E-state index >= 15 is 0 Å². The SMILES string of the molecule is CC(=O)O[C@H]1C[C@@]2(C)C(C[C@@H](O)C3[C@@]4(C)CC[C@@H](OC(=O)c5ccccc5C(=O)Oc5ccc(CCO[N+](=O)[O-])cc5)[C@@H](C)C4CC[C@@]32C)/C1=C(\CCC=C(C)C)C(=O)OCc1ccccc1. The standard InChI is InChI=1S/C54H65NO12/c1-33(2)14-13-19-41(49(58)63-32-37-15-9-8-10-16-37)47-43-30-44(57)48-52(5)27-25-45(34(3)42(52)24-28-53(48,6)54(43,7)31-46(47)65-35(4)56)67-51(60)40-18-12-11-17-39(40)50(59)66-38-22-20-36(21-23-38)26-29-64-55(61)62/h8-12,14-18,20-23,34,42-46,48,57H,13,19,24-32H2,1-7H3/b47-41-/t34-,42?,43?,44+,45+,46-,48?,52-,53-,54-/m0/s1. The molecule has 0 spiro atoms. The summed E-state index contributed by atoms with van der Waals surface area (Å²) < 4.78 is 24.1. The van der Waals surface area contributed by atoms with Crippen molar-refractivity contribution in [3.63, 3.8) is 0 Å². The van der Waals surface area contributed by atoms with E-state index in [2.05, 4.69) is 38.6 Å². The summed E-state index contributed by atoms with van der Waals surface area (Å²) >= 11 is 0. The number of hydrogen-bond acceptors (Lipinski definition) is 12. The van der Waals surface area contributed by atoms with Crippen LogP contribution in [-0.4, -0.2) is 59.0 Å². The number of allylic oxidation sites excluding steroid dienone is 2. The van der Waals surface area contributed by atoms with Gasteiger partial charge >= 0.3 is 23.9 Å². The topological polar surface area (TPSA) is 178 Å². The Balaban J connectivity index is 1.10. The highest BCUT2D eigenvalue weighted by atomic mass is 16.9. The third-order valence-corrected chi connectivity index (χ3v) is 16.1. The van der Waals surface area contributed by atoms with Crippen molar-refractivity contribution in [1.82, 2.24) is 0 Å². The Bertz CT molecular complexity index is 2390. The fourth-order valence-corrected chi connectivity index (χ4v) is 12.9. The summed E-state index contributed by atoms with van der Waals surface area (Å²) in [5, 5.41) is 22.3. The molecule has 4 aliphatic carbocycles. The van der Waals surface area contributed by atoms with Crippen molar-refractivity contribution in [3.8, 4) is 5.75 Å². The monoisotopic (exact) mass is 919 g/mol. The predicted octanol–water partition coefficient (Wildman–Crippen LogP) is 10.2. The van der Waals surface area contributed by atoms with Crippen molar-refractivity contribution in [2.24, 2.45) is 39.9 Å². The minimum atomic E-state index is -0.847. The van der Waals surface area contributed by atoms with Crippen LogP contribution in [0.25, 0.3) is 0 Å². The van der Waals surface area contributed by atoms with Crippen molar-refractivity contribution in [2.45, 2.75) is 131 Å². The molecule has 0 aliphatic heterocycles. The fraction of sp³-hybridized carbons (Fsp3) is 0.519. The van der Waals surface area contributed by atoms with Crippen molar-refractivity contribution in [1.29, 1.82) is 0 Å². The number of carbonyl (C=O) groups is 4. The highest BCUT2D eigenvalue weighted by Crippen LogP contribution is 2.74. The Labute approximate surface area is 393 Å². The van der Waals surface area contributed by atoms with Crippen molar-refractivity contribution in [2.75, 3.05) is 6.61 Å². The highest BCUT2D eigenvalue weighted by molar-refractivity contribution is 6.03. The summed E-state index contributed by atoms with van der Waals surface area (Å²) in [5.74, 6) is -2.26. The number of ether oxygens (including phenoxy) is 4. The quantitative estimate of drug-likeness (QED) is 0.0291. The molecule has 4 fully saturated rings. The van der Waals surface area contributed by atoms with Gasteiger partial charge in [0.1, 0.15) is 31.2 Å². The van der Waals surface area contributed by atoms with Gasteiger partial charge in [0.15, 0.2) is 0 Å². The van der Waals surface area contributed by atoms with Gasteiger partial charge in [0.25, 0.3) is 5.09 Å². The van der Waals surface area contributed by atoms with Gasteiger partial charge < -0.3 is 28.9 Å². The largest absolute Gasteiger partial charge is 0.458 e. The van der Waals surface area contributed by atoms with Gasteiger partial charge in [-0.25, -0.2) is 14.4 Å². The second kappa shape index (κ2) is 20.2. The summed E-state index contributed by atoms with van der Waals surface area (Å²) in [4.78, 5) is 69.5. The summed E-state index contributed by atoms with van der Waals surface area (Å²) in [6, 6.07) is 22.5. The molecule has 13 nitrogen and oxygen atoms in total. The highest BCUT2D eigenvalue weighted by Gasteiger charge is 2.71. The zero-order chi connectivity index (χ0) is 48.3. The van der Waals surface area contributed by atoms with Crippen LogP contribution in [0.2, 0.25) is 0 Å². The first-order chi connectivity index (χ1) is 31.9. The molecule has 3 aromatic rings. The molecule has 10 atom stereocenters.